The molecular formula is C25H40N2O2. The van der Waals surface area contributed by atoms with Gasteiger partial charge in [0.25, 0.3) is 0 Å². The summed E-state index contributed by atoms with van der Waals surface area (Å²) in [7, 11) is 1.91. The minimum Gasteiger partial charge on any atom is -0.478 e. The molecule has 4 nitrogen and oxygen atoms in total. The van der Waals surface area contributed by atoms with Gasteiger partial charge in [-0.15, -0.1) is 0 Å². The van der Waals surface area contributed by atoms with Crippen LogP contribution in [0.4, 0.5) is 5.69 Å². The Morgan fingerprint density at radius 1 is 1.10 bits per heavy atom. The molecule has 1 aromatic rings. The molecule has 0 radical (unpaired) electrons. The predicted molar refractivity (Wildman–Crippen MR) is 129 cm³/mol. The van der Waals surface area contributed by atoms with E-state index in [0.717, 1.165) is 54.2 Å². The molecule has 0 aromatic heterocycles. The van der Waals surface area contributed by atoms with E-state index in [1.165, 1.54) is 5.56 Å². The minimum atomic E-state index is 0.523. The maximum absolute atomic E-state index is 5.72. The zero-order valence-electron chi connectivity index (χ0n) is 19.3. The second kappa shape index (κ2) is 16.6. The fourth-order valence-electron chi connectivity index (χ4n) is 2.46. The minimum absolute atomic E-state index is 0.523. The molecule has 29 heavy (non-hydrogen) atoms. The van der Waals surface area contributed by atoms with E-state index in [0.29, 0.717) is 13.2 Å². The summed E-state index contributed by atoms with van der Waals surface area (Å²) in [6, 6.07) is 6.24. The molecule has 1 N–H and O–H groups in total. The highest BCUT2D eigenvalue weighted by molar-refractivity contribution is 5.86. The van der Waals surface area contributed by atoms with Gasteiger partial charge in [0.05, 0.1) is 6.61 Å². The van der Waals surface area contributed by atoms with E-state index in [4.69, 9.17) is 9.47 Å². The molecule has 0 fully saturated rings. The van der Waals surface area contributed by atoms with Gasteiger partial charge >= 0.3 is 0 Å². The molecule has 0 bridgehead atoms. The molecule has 0 saturated carbocycles. The van der Waals surface area contributed by atoms with Gasteiger partial charge in [0.2, 0.25) is 0 Å². The van der Waals surface area contributed by atoms with Crippen molar-refractivity contribution in [2.45, 2.75) is 53.9 Å². The number of anilines is 1. The molecule has 4 heteroatoms. The van der Waals surface area contributed by atoms with Crippen molar-refractivity contribution in [3.8, 4) is 0 Å². The Labute approximate surface area is 178 Å². The lowest BCUT2D eigenvalue weighted by Gasteiger charge is -2.13. The topological polar surface area (TPSA) is 42.9 Å². The fraction of sp³-hybridized carbons (Fsp3) is 0.480. The first-order chi connectivity index (χ1) is 14.0. The van der Waals surface area contributed by atoms with Crippen LogP contribution < -0.4 is 5.32 Å². The monoisotopic (exact) mass is 400 g/mol. The molecule has 0 aliphatic carbocycles. The molecule has 1 rings (SSSR count). The number of allylic oxidation sites excluding steroid dienone is 3. The maximum atomic E-state index is 5.72. The third kappa shape index (κ3) is 10.7. The summed E-state index contributed by atoms with van der Waals surface area (Å²) in [4.78, 5) is 4.45. The first-order valence-corrected chi connectivity index (χ1v) is 10.6. The highest BCUT2D eigenvalue weighted by atomic mass is 16.5. The Bertz CT molecular complexity index is 675. The van der Waals surface area contributed by atoms with Gasteiger partial charge in [0, 0.05) is 37.5 Å². The summed E-state index contributed by atoms with van der Waals surface area (Å²) in [6.45, 7) is 20.5. The second-order valence-electron chi connectivity index (χ2n) is 6.35. The molecule has 162 valence electrons. The molecule has 0 unspecified atom stereocenters. The van der Waals surface area contributed by atoms with Crippen LogP contribution in [0.2, 0.25) is 0 Å². The van der Waals surface area contributed by atoms with Gasteiger partial charge in [-0.3, -0.25) is 0 Å². The Morgan fingerprint density at radius 3 is 2.45 bits per heavy atom. The lowest BCUT2D eigenvalue weighted by atomic mass is 9.97. The van der Waals surface area contributed by atoms with Crippen LogP contribution in [0, 0.1) is 6.92 Å². The number of rotatable bonds is 12. The van der Waals surface area contributed by atoms with Crippen molar-refractivity contribution in [3.63, 3.8) is 0 Å². The average Bonchev–Trinajstić information content (AvgIpc) is 2.74. The molecule has 1 aromatic carbocycles. The smallest absolute Gasteiger partial charge is 0.187 e. The van der Waals surface area contributed by atoms with E-state index in [-0.39, 0.29) is 0 Å². The molecule has 0 heterocycles. The highest BCUT2D eigenvalue weighted by Crippen LogP contribution is 2.28. The number of hydrogen-bond acceptors (Lipinski definition) is 4. The fourth-order valence-corrected chi connectivity index (χ4v) is 2.46. The first-order valence-electron chi connectivity index (χ1n) is 10.6. The standard InChI is InChI=1S/C23H34N2O2.C2H6/c1-7-9-23(27-16-15-26-14-8-2)25-13-12-19(4)20(5)21-17-18(3)10-11-22(21)24-6;1-2/h10-13,17,24H,4-5,7-9,14-16H2,1-3,6H3;1-2H3/b13-12-,25-23?;. The largest absolute Gasteiger partial charge is 0.478 e. The highest BCUT2D eigenvalue weighted by Gasteiger charge is 2.07. The van der Waals surface area contributed by atoms with E-state index in [1.807, 2.05) is 27.0 Å². The van der Waals surface area contributed by atoms with Crippen molar-refractivity contribution >= 4 is 17.2 Å². The number of nitrogens with zero attached hydrogens (tertiary/aromatic N) is 1. The predicted octanol–water partition coefficient (Wildman–Crippen LogP) is 6.79. The zero-order chi connectivity index (χ0) is 22.1. The van der Waals surface area contributed by atoms with Gasteiger partial charge in [-0.2, -0.15) is 0 Å². The van der Waals surface area contributed by atoms with Gasteiger partial charge in [0.1, 0.15) is 6.61 Å². The Kier molecular flexibility index (Phi) is 15.3. The molecule has 0 spiro atoms. The molecule has 0 saturated heterocycles. The third-order valence-corrected chi connectivity index (χ3v) is 3.96. The van der Waals surface area contributed by atoms with E-state index in [2.05, 4.69) is 62.4 Å². The quantitative estimate of drug-likeness (QED) is 0.182. The maximum Gasteiger partial charge on any atom is 0.187 e. The Hall–Kier alpha value is -2.33. The van der Waals surface area contributed by atoms with Crippen molar-refractivity contribution in [1.82, 2.24) is 0 Å². The number of aryl methyl sites for hydroxylation is 1. The lowest BCUT2D eigenvalue weighted by Crippen LogP contribution is -2.10. The van der Waals surface area contributed by atoms with Crippen LogP contribution in [0.5, 0.6) is 0 Å². The summed E-state index contributed by atoms with van der Waals surface area (Å²) in [5, 5.41) is 3.20. The van der Waals surface area contributed by atoms with Crippen molar-refractivity contribution in [1.29, 1.82) is 0 Å². The van der Waals surface area contributed by atoms with E-state index < -0.39 is 0 Å². The van der Waals surface area contributed by atoms with Crippen LogP contribution in [-0.4, -0.2) is 32.8 Å². The van der Waals surface area contributed by atoms with Crippen LogP contribution in [0.25, 0.3) is 5.57 Å². The molecule has 0 aliphatic heterocycles. The third-order valence-electron chi connectivity index (χ3n) is 3.96. The summed E-state index contributed by atoms with van der Waals surface area (Å²) >= 11 is 0. The van der Waals surface area contributed by atoms with Gasteiger partial charge in [0.15, 0.2) is 5.90 Å². The van der Waals surface area contributed by atoms with Crippen LogP contribution in [-0.2, 0) is 9.47 Å². The Balaban J connectivity index is 0.00000379. The average molecular weight is 401 g/mol. The van der Waals surface area contributed by atoms with Crippen LogP contribution >= 0.6 is 0 Å². The van der Waals surface area contributed by atoms with Gasteiger partial charge in [-0.05, 0) is 49.1 Å². The molecule has 0 amide bonds. The van der Waals surface area contributed by atoms with E-state index in [1.54, 1.807) is 6.20 Å². The van der Waals surface area contributed by atoms with Gasteiger partial charge in [-0.1, -0.05) is 52.5 Å². The molecular weight excluding hydrogens is 360 g/mol. The number of nitrogens with one attached hydrogen (secondary N) is 1. The number of benzene rings is 1. The van der Waals surface area contributed by atoms with Crippen LogP contribution in [0.1, 0.15) is 58.1 Å². The number of aliphatic imine (C=N–C) groups is 1. The summed E-state index contributed by atoms with van der Waals surface area (Å²) in [5.41, 5.74) is 4.97. The summed E-state index contributed by atoms with van der Waals surface area (Å²) < 4.78 is 11.2. The van der Waals surface area contributed by atoms with Crippen molar-refractivity contribution < 1.29 is 9.47 Å². The van der Waals surface area contributed by atoms with Crippen LogP contribution in [0.3, 0.4) is 0 Å². The number of hydrogen-bond donors (Lipinski definition) is 1. The van der Waals surface area contributed by atoms with E-state index >= 15 is 0 Å². The van der Waals surface area contributed by atoms with Gasteiger partial charge in [-0.25, -0.2) is 4.99 Å². The van der Waals surface area contributed by atoms with Gasteiger partial charge < -0.3 is 14.8 Å². The van der Waals surface area contributed by atoms with E-state index in [9.17, 15) is 0 Å². The summed E-state index contributed by atoms with van der Waals surface area (Å²) in [5.74, 6) is 0.721. The number of ether oxygens (including phenoxy) is 2. The first kappa shape index (κ1) is 26.7. The second-order valence-corrected chi connectivity index (χ2v) is 6.35. The Morgan fingerprint density at radius 2 is 1.83 bits per heavy atom. The SMILES string of the molecule is C=C(/C=C\N=C(CCC)OCCOCCC)C(=C)c1cc(C)ccc1NC.CC. The summed E-state index contributed by atoms with van der Waals surface area (Å²) in [6.07, 6.45) is 6.40. The normalized spacial score (nSPS) is 11.0. The van der Waals surface area contributed by atoms with Crippen molar-refractivity contribution in [3.05, 3.63) is 60.3 Å². The molecule has 0 aliphatic rings. The zero-order valence-corrected chi connectivity index (χ0v) is 19.3. The van der Waals surface area contributed by atoms with Crippen molar-refractivity contribution in [2.75, 3.05) is 32.2 Å². The molecule has 0 atom stereocenters. The van der Waals surface area contributed by atoms with Crippen LogP contribution in [0.15, 0.2) is 54.2 Å². The lowest BCUT2D eigenvalue weighted by molar-refractivity contribution is 0.0958. The van der Waals surface area contributed by atoms with Crippen molar-refractivity contribution in [2.24, 2.45) is 4.99 Å².